The Hall–Kier alpha value is -2.98. The van der Waals surface area contributed by atoms with Crippen LogP contribution >= 0.6 is 34.8 Å². The Morgan fingerprint density at radius 3 is 2.24 bits per heavy atom. The standard InChI is InChI=1S/C30H34Cl3N3O5S/c1-5-20(2)34-30(38)27(16-21-9-7-6-8-10-21)35(18-22-11-13-24(32)25(33)15-22)29(37)19-36(42(4,39)40)26-17-23(31)12-14-28(26)41-3/h6-15,17,20,27H,5,16,18-19H2,1-4H3,(H,34,38). The van der Waals surface area contributed by atoms with Crippen LogP contribution in [0.4, 0.5) is 5.69 Å². The monoisotopic (exact) mass is 653 g/mol. The van der Waals surface area contributed by atoms with Gasteiger partial charge in [-0.15, -0.1) is 0 Å². The Morgan fingerprint density at radius 1 is 0.952 bits per heavy atom. The van der Waals surface area contributed by atoms with Crippen molar-refractivity contribution in [1.29, 1.82) is 0 Å². The van der Waals surface area contributed by atoms with Crippen molar-refractivity contribution in [2.75, 3.05) is 24.2 Å². The molecule has 0 radical (unpaired) electrons. The van der Waals surface area contributed by atoms with Gasteiger partial charge in [0, 0.05) is 24.0 Å². The normalized spacial score (nSPS) is 12.7. The number of halogens is 3. The molecule has 2 unspecified atom stereocenters. The number of methoxy groups -OCH3 is 1. The van der Waals surface area contributed by atoms with Gasteiger partial charge in [0.15, 0.2) is 0 Å². The van der Waals surface area contributed by atoms with E-state index in [0.29, 0.717) is 17.0 Å². The molecule has 3 aromatic carbocycles. The molecule has 226 valence electrons. The quantitative estimate of drug-likeness (QED) is 0.245. The molecule has 3 rings (SSSR count). The molecule has 0 bridgehead atoms. The van der Waals surface area contributed by atoms with Crippen LogP contribution in [-0.4, -0.2) is 57.1 Å². The lowest BCUT2D eigenvalue weighted by Crippen LogP contribution is -2.54. The van der Waals surface area contributed by atoms with Gasteiger partial charge in [-0.3, -0.25) is 13.9 Å². The SMILES string of the molecule is CCC(C)NC(=O)C(Cc1ccccc1)N(Cc1ccc(Cl)c(Cl)c1)C(=O)CN(c1cc(Cl)ccc1OC)S(C)(=O)=O. The third-order valence-corrected chi connectivity index (χ3v) is 8.80. The second kappa shape index (κ2) is 15.0. The predicted octanol–water partition coefficient (Wildman–Crippen LogP) is 5.98. The number of carbonyl (C=O) groups is 2. The maximum Gasteiger partial charge on any atom is 0.244 e. The van der Waals surface area contributed by atoms with Gasteiger partial charge in [0.05, 0.1) is 29.1 Å². The van der Waals surface area contributed by atoms with Crippen molar-refractivity contribution in [3.8, 4) is 5.75 Å². The molecule has 0 aliphatic carbocycles. The van der Waals surface area contributed by atoms with Crippen molar-refractivity contribution in [2.45, 2.75) is 45.3 Å². The van der Waals surface area contributed by atoms with Crippen LogP contribution in [0, 0.1) is 0 Å². The zero-order chi connectivity index (χ0) is 31.0. The number of anilines is 1. The summed E-state index contributed by atoms with van der Waals surface area (Å²) in [7, 11) is -2.61. The fourth-order valence-corrected chi connectivity index (χ4v) is 5.61. The molecule has 0 aliphatic heterocycles. The number of hydrogen-bond acceptors (Lipinski definition) is 5. The first-order valence-corrected chi connectivity index (χ1v) is 16.2. The average Bonchev–Trinajstić information content (AvgIpc) is 2.95. The van der Waals surface area contributed by atoms with Crippen molar-refractivity contribution in [3.63, 3.8) is 0 Å². The van der Waals surface area contributed by atoms with Crippen LogP contribution in [0.2, 0.25) is 15.1 Å². The van der Waals surface area contributed by atoms with E-state index in [2.05, 4.69) is 5.32 Å². The maximum absolute atomic E-state index is 14.2. The summed E-state index contributed by atoms with van der Waals surface area (Å²) in [5, 5.41) is 3.86. The fourth-order valence-electron chi connectivity index (χ4n) is 4.28. The molecule has 0 saturated heterocycles. The number of rotatable bonds is 13. The first kappa shape index (κ1) is 33.5. The summed E-state index contributed by atoms with van der Waals surface area (Å²) in [6.07, 6.45) is 1.86. The first-order valence-electron chi connectivity index (χ1n) is 13.2. The smallest absolute Gasteiger partial charge is 0.244 e. The molecular formula is C30H34Cl3N3O5S. The average molecular weight is 655 g/mol. The predicted molar refractivity (Wildman–Crippen MR) is 169 cm³/mol. The molecular weight excluding hydrogens is 621 g/mol. The number of nitrogens with zero attached hydrogens (tertiary/aromatic N) is 2. The van der Waals surface area contributed by atoms with Crippen LogP contribution in [0.25, 0.3) is 0 Å². The summed E-state index contributed by atoms with van der Waals surface area (Å²) in [4.78, 5) is 29.3. The minimum Gasteiger partial charge on any atom is -0.495 e. The van der Waals surface area contributed by atoms with Crippen LogP contribution < -0.4 is 14.4 Å². The van der Waals surface area contributed by atoms with Crippen molar-refractivity contribution < 1.29 is 22.7 Å². The van der Waals surface area contributed by atoms with Gasteiger partial charge in [-0.2, -0.15) is 0 Å². The van der Waals surface area contributed by atoms with Crippen molar-refractivity contribution >= 4 is 62.3 Å². The molecule has 0 fully saturated rings. The summed E-state index contributed by atoms with van der Waals surface area (Å²) >= 11 is 18.6. The third kappa shape index (κ3) is 9.01. The second-order valence-electron chi connectivity index (χ2n) is 9.88. The van der Waals surface area contributed by atoms with E-state index in [9.17, 15) is 18.0 Å². The number of benzene rings is 3. The second-order valence-corrected chi connectivity index (χ2v) is 13.0. The number of ether oxygens (including phenoxy) is 1. The molecule has 0 aliphatic rings. The van der Waals surface area contributed by atoms with E-state index in [0.717, 1.165) is 16.1 Å². The summed E-state index contributed by atoms with van der Waals surface area (Å²) in [6, 6.07) is 17.6. The molecule has 0 saturated carbocycles. The maximum atomic E-state index is 14.2. The van der Waals surface area contributed by atoms with Crippen LogP contribution in [0.3, 0.4) is 0 Å². The molecule has 42 heavy (non-hydrogen) atoms. The van der Waals surface area contributed by atoms with E-state index >= 15 is 0 Å². The van der Waals surface area contributed by atoms with Crippen LogP contribution in [0.5, 0.6) is 5.75 Å². The van der Waals surface area contributed by atoms with E-state index in [1.165, 1.54) is 24.1 Å². The van der Waals surface area contributed by atoms with Crippen molar-refractivity contribution in [3.05, 3.63) is 92.9 Å². The number of carbonyl (C=O) groups excluding carboxylic acids is 2. The van der Waals surface area contributed by atoms with Gasteiger partial charge >= 0.3 is 0 Å². The van der Waals surface area contributed by atoms with Crippen LogP contribution in [0.1, 0.15) is 31.4 Å². The number of amides is 2. The lowest BCUT2D eigenvalue weighted by Gasteiger charge is -2.34. The highest BCUT2D eigenvalue weighted by Gasteiger charge is 2.34. The lowest BCUT2D eigenvalue weighted by atomic mass is 10.0. The molecule has 8 nitrogen and oxygen atoms in total. The first-order chi connectivity index (χ1) is 19.8. The lowest BCUT2D eigenvalue weighted by molar-refractivity contribution is -0.140. The Kier molecular flexibility index (Phi) is 11.9. The van der Waals surface area contributed by atoms with E-state index in [1.807, 2.05) is 44.2 Å². The van der Waals surface area contributed by atoms with Gasteiger partial charge in [0.1, 0.15) is 18.3 Å². The number of hydrogen-bond donors (Lipinski definition) is 1. The fraction of sp³-hybridized carbons (Fsp3) is 0.333. The third-order valence-electron chi connectivity index (χ3n) is 6.70. The number of nitrogens with one attached hydrogen (secondary N) is 1. The topological polar surface area (TPSA) is 96.0 Å². The van der Waals surface area contributed by atoms with Gasteiger partial charge < -0.3 is 15.0 Å². The molecule has 2 atom stereocenters. The number of sulfonamides is 1. The van der Waals surface area contributed by atoms with Gasteiger partial charge in [-0.25, -0.2) is 8.42 Å². The molecule has 12 heteroatoms. The van der Waals surface area contributed by atoms with Gasteiger partial charge in [-0.05, 0) is 54.8 Å². The molecule has 0 spiro atoms. The summed E-state index contributed by atoms with van der Waals surface area (Å²) < 4.78 is 32.4. The van der Waals surface area contributed by atoms with Crippen molar-refractivity contribution in [2.24, 2.45) is 0 Å². The Balaban J connectivity index is 2.12. The zero-order valence-electron chi connectivity index (χ0n) is 23.8. The molecule has 3 aromatic rings. The molecule has 0 aromatic heterocycles. The molecule has 0 heterocycles. The summed E-state index contributed by atoms with van der Waals surface area (Å²) in [6.45, 7) is 3.17. The van der Waals surface area contributed by atoms with Crippen LogP contribution in [0.15, 0.2) is 66.7 Å². The summed E-state index contributed by atoms with van der Waals surface area (Å²) in [5.74, 6) is -0.773. The van der Waals surface area contributed by atoms with E-state index in [4.69, 9.17) is 39.5 Å². The summed E-state index contributed by atoms with van der Waals surface area (Å²) in [5.41, 5.74) is 1.53. The highest BCUT2D eigenvalue weighted by molar-refractivity contribution is 7.92. The Bertz CT molecular complexity index is 1510. The van der Waals surface area contributed by atoms with E-state index in [-0.39, 0.29) is 46.4 Å². The van der Waals surface area contributed by atoms with Gasteiger partial charge in [0.2, 0.25) is 21.8 Å². The Labute approximate surface area is 262 Å². The minimum absolute atomic E-state index is 0.0363. The minimum atomic E-state index is -4.00. The van der Waals surface area contributed by atoms with Gasteiger partial charge in [-0.1, -0.05) is 78.1 Å². The zero-order valence-corrected chi connectivity index (χ0v) is 26.9. The highest BCUT2D eigenvalue weighted by atomic mass is 35.5. The molecule has 2 amide bonds. The van der Waals surface area contributed by atoms with Crippen molar-refractivity contribution in [1.82, 2.24) is 10.2 Å². The highest BCUT2D eigenvalue weighted by Crippen LogP contribution is 2.33. The molecule has 1 N–H and O–H groups in total. The van der Waals surface area contributed by atoms with Crippen LogP contribution in [-0.2, 0) is 32.6 Å². The van der Waals surface area contributed by atoms with E-state index < -0.39 is 28.5 Å². The Morgan fingerprint density at radius 2 is 1.64 bits per heavy atom. The van der Waals surface area contributed by atoms with Gasteiger partial charge in [0.25, 0.3) is 0 Å². The largest absolute Gasteiger partial charge is 0.495 e. The van der Waals surface area contributed by atoms with E-state index in [1.54, 1.807) is 24.3 Å².